The summed E-state index contributed by atoms with van der Waals surface area (Å²) in [5, 5.41) is 9.12. The van der Waals surface area contributed by atoms with Gasteiger partial charge in [0.2, 0.25) is 0 Å². The Labute approximate surface area is 93.2 Å². The van der Waals surface area contributed by atoms with E-state index >= 15 is 0 Å². The molecule has 0 N–H and O–H groups in total. The summed E-state index contributed by atoms with van der Waals surface area (Å²) in [5.41, 5.74) is -0.517. The quantitative estimate of drug-likeness (QED) is 0.740. The van der Waals surface area contributed by atoms with Crippen molar-refractivity contribution in [1.82, 2.24) is 0 Å². The van der Waals surface area contributed by atoms with Gasteiger partial charge in [0.25, 0.3) is 0 Å². The summed E-state index contributed by atoms with van der Waals surface area (Å²) in [7, 11) is 0. The first kappa shape index (κ1) is 11.5. The number of aldehydes is 1. The Hall–Kier alpha value is -1.53. The number of carbonyl (C=O) groups is 1. The highest BCUT2D eigenvalue weighted by Crippen LogP contribution is 2.23. The molecule has 0 unspecified atom stereocenters. The van der Waals surface area contributed by atoms with Gasteiger partial charge in [-0.15, -0.1) is 0 Å². The molecule has 0 amide bonds. The lowest BCUT2D eigenvalue weighted by Crippen LogP contribution is -2.29. The van der Waals surface area contributed by atoms with Gasteiger partial charge in [0.1, 0.15) is 5.75 Å². The monoisotopic (exact) mass is 223 g/mol. The van der Waals surface area contributed by atoms with Crippen LogP contribution in [0.4, 0.5) is 0 Å². The van der Waals surface area contributed by atoms with Crippen molar-refractivity contribution in [3.05, 3.63) is 28.8 Å². The van der Waals surface area contributed by atoms with Gasteiger partial charge in [0, 0.05) is 5.02 Å². The molecule has 0 bridgehead atoms. The van der Waals surface area contributed by atoms with Crippen LogP contribution in [0.15, 0.2) is 18.2 Å². The van der Waals surface area contributed by atoms with Crippen LogP contribution < -0.4 is 4.74 Å². The second-order valence-corrected chi connectivity index (χ2v) is 4.05. The number of rotatable bonds is 3. The van der Waals surface area contributed by atoms with E-state index in [0.29, 0.717) is 22.6 Å². The molecule has 0 radical (unpaired) electrons. The van der Waals surface area contributed by atoms with Crippen molar-refractivity contribution in [2.75, 3.05) is 0 Å². The second kappa shape index (κ2) is 4.33. The highest BCUT2D eigenvalue weighted by molar-refractivity contribution is 6.30. The fraction of sp³-hybridized carbons (Fsp3) is 0.273. The van der Waals surface area contributed by atoms with E-state index in [1.54, 1.807) is 19.9 Å². The van der Waals surface area contributed by atoms with Crippen molar-refractivity contribution < 1.29 is 9.53 Å². The SMILES string of the molecule is CC(C)(C=O)Oc1cc(Cl)cc(C#N)c1. The number of nitrogens with zero attached hydrogens (tertiary/aromatic N) is 1. The van der Waals surface area contributed by atoms with E-state index < -0.39 is 5.60 Å². The lowest BCUT2D eigenvalue weighted by Gasteiger charge is -2.19. The van der Waals surface area contributed by atoms with Gasteiger partial charge in [-0.3, -0.25) is 4.79 Å². The van der Waals surface area contributed by atoms with E-state index in [1.165, 1.54) is 12.1 Å². The predicted octanol–water partition coefficient (Wildman–Crippen LogP) is 2.57. The summed E-state index contributed by atoms with van der Waals surface area (Å²) in [4.78, 5) is 10.6. The molecule has 0 fully saturated rings. The van der Waals surface area contributed by atoms with Gasteiger partial charge in [-0.1, -0.05) is 11.6 Å². The number of hydrogen-bond acceptors (Lipinski definition) is 3. The first-order valence-electron chi connectivity index (χ1n) is 4.33. The summed E-state index contributed by atoms with van der Waals surface area (Å²) in [6, 6.07) is 6.59. The molecule has 15 heavy (non-hydrogen) atoms. The van der Waals surface area contributed by atoms with Crippen LogP contribution in [0.2, 0.25) is 5.02 Å². The van der Waals surface area contributed by atoms with Crippen LogP contribution in [-0.2, 0) is 4.79 Å². The van der Waals surface area contributed by atoms with Gasteiger partial charge in [-0.05, 0) is 32.0 Å². The average Bonchev–Trinajstić information content (AvgIpc) is 2.16. The Morgan fingerprint density at radius 2 is 2.13 bits per heavy atom. The molecule has 0 aromatic heterocycles. The van der Waals surface area contributed by atoms with Crippen LogP contribution in [0.1, 0.15) is 19.4 Å². The van der Waals surface area contributed by atoms with Crippen LogP contribution in [0, 0.1) is 11.3 Å². The molecule has 3 nitrogen and oxygen atoms in total. The number of hydrogen-bond donors (Lipinski definition) is 0. The molecule has 0 heterocycles. The van der Waals surface area contributed by atoms with E-state index in [1.807, 2.05) is 6.07 Å². The van der Waals surface area contributed by atoms with Crippen molar-refractivity contribution in [1.29, 1.82) is 5.26 Å². The number of benzene rings is 1. The molecule has 0 aliphatic rings. The maximum Gasteiger partial charge on any atom is 0.162 e. The van der Waals surface area contributed by atoms with Gasteiger partial charge in [-0.2, -0.15) is 5.26 Å². The minimum Gasteiger partial charge on any atom is -0.480 e. The maximum absolute atomic E-state index is 10.6. The van der Waals surface area contributed by atoms with Crippen LogP contribution in [0.3, 0.4) is 0 Å². The predicted molar refractivity (Wildman–Crippen MR) is 56.9 cm³/mol. The topological polar surface area (TPSA) is 50.1 Å². The van der Waals surface area contributed by atoms with Gasteiger partial charge >= 0.3 is 0 Å². The maximum atomic E-state index is 10.6. The molecule has 1 aromatic rings. The summed E-state index contributed by atoms with van der Waals surface area (Å²) in [6.45, 7) is 3.26. The fourth-order valence-electron chi connectivity index (χ4n) is 1.01. The van der Waals surface area contributed by atoms with E-state index in [2.05, 4.69) is 0 Å². The van der Waals surface area contributed by atoms with E-state index in [9.17, 15) is 4.79 Å². The molecular formula is C11H10ClNO2. The molecule has 0 aliphatic carbocycles. The first-order valence-corrected chi connectivity index (χ1v) is 4.71. The Balaban J connectivity index is 3.01. The molecule has 78 valence electrons. The number of carbonyl (C=O) groups excluding carboxylic acids is 1. The van der Waals surface area contributed by atoms with Crippen LogP contribution >= 0.6 is 11.6 Å². The average molecular weight is 224 g/mol. The van der Waals surface area contributed by atoms with Crippen LogP contribution in [0.5, 0.6) is 5.75 Å². The molecule has 4 heteroatoms. The van der Waals surface area contributed by atoms with Crippen molar-refractivity contribution in [3.8, 4) is 11.8 Å². The summed E-state index contributed by atoms with van der Waals surface area (Å²) in [6.07, 6.45) is 0.694. The molecular weight excluding hydrogens is 214 g/mol. The minimum atomic E-state index is -0.919. The van der Waals surface area contributed by atoms with Gasteiger partial charge in [0.05, 0.1) is 11.6 Å². The zero-order valence-corrected chi connectivity index (χ0v) is 9.21. The Bertz CT molecular complexity index is 421. The van der Waals surface area contributed by atoms with E-state index in [0.717, 1.165) is 0 Å². The van der Waals surface area contributed by atoms with Crippen molar-refractivity contribution in [2.24, 2.45) is 0 Å². The normalized spacial score (nSPS) is 10.5. The van der Waals surface area contributed by atoms with E-state index in [-0.39, 0.29) is 0 Å². The fourth-order valence-corrected chi connectivity index (χ4v) is 1.24. The minimum absolute atomic E-state index is 0.402. The molecule has 0 saturated carbocycles. The molecule has 1 rings (SSSR count). The third-order valence-corrected chi connectivity index (χ3v) is 1.88. The van der Waals surface area contributed by atoms with Crippen molar-refractivity contribution in [3.63, 3.8) is 0 Å². The Kier molecular flexibility index (Phi) is 3.33. The summed E-state index contributed by atoms with van der Waals surface area (Å²) < 4.78 is 5.37. The molecule has 0 saturated heterocycles. The van der Waals surface area contributed by atoms with Gasteiger partial charge in [-0.25, -0.2) is 0 Å². The van der Waals surface area contributed by atoms with Crippen LogP contribution in [0.25, 0.3) is 0 Å². The highest BCUT2D eigenvalue weighted by Gasteiger charge is 2.18. The summed E-state index contributed by atoms with van der Waals surface area (Å²) >= 11 is 5.78. The smallest absolute Gasteiger partial charge is 0.162 e. The van der Waals surface area contributed by atoms with Gasteiger partial charge < -0.3 is 4.74 Å². The first-order chi connectivity index (χ1) is 6.96. The standard InChI is InChI=1S/C11H10ClNO2/c1-11(2,7-14)15-10-4-8(6-13)3-9(12)5-10/h3-5,7H,1-2H3. The zero-order chi connectivity index (χ0) is 11.5. The van der Waals surface area contributed by atoms with E-state index in [4.69, 9.17) is 21.6 Å². The van der Waals surface area contributed by atoms with Crippen molar-refractivity contribution in [2.45, 2.75) is 19.4 Å². The largest absolute Gasteiger partial charge is 0.480 e. The highest BCUT2D eigenvalue weighted by atomic mass is 35.5. The number of ether oxygens (including phenoxy) is 1. The Morgan fingerprint density at radius 1 is 1.47 bits per heavy atom. The lowest BCUT2D eigenvalue weighted by molar-refractivity contribution is -0.118. The molecule has 0 aliphatic heterocycles. The Morgan fingerprint density at radius 3 is 2.67 bits per heavy atom. The summed E-state index contributed by atoms with van der Waals surface area (Å²) in [5.74, 6) is 0.413. The van der Waals surface area contributed by atoms with Gasteiger partial charge in [0.15, 0.2) is 11.9 Å². The van der Waals surface area contributed by atoms with Crippen molar-refractivity contribution >= 4 is 17.9 Å². The van der Waals surface area contributed by atoms with Crippen LogP contribution in [-0.4, -0.2) is 11.9 Å². The number of nitriles is 1. The third kappa shape index (κ3) is 3.26. The zero-order valence-electron chi connectivity index (χ0n) is 8.45. The molecule has 1 aromatic carbocycles. The molecule has 0 atom stereocenters. The lowest BCUT2D eigenvalue weighted by atomic mass is 10.1. The molecule has 0 spiro atoms. The third-order valence-electron chi connectivity index (χ3n) is 1.67. The number of halogens is 1. The second-order valence-electron chi connectivity index (χ2n) is 3.61.